The van der Waals surface area contributed by atoms with E-state index in [1.807, 2.05) is 0 Å². The Kier molecular flexibility index (Phi) is 4.02. The minimum atomic E-state index is -4.50. The first-order valence-corrected chi connectivity index (χ1v) is 5.92. The van der Waals surface area contributed by atoms with Crippen LogP contribution in [0.5, 0.6) is 0 Å². The Morgan fingerprint density at radius 2 is 2.10 bits per heavy atom. The van der Waals surface area contributed by atoms with E-state index in [9.17, 15) is 18.3 Å². The van der Waals surface area contributed by atoms with E-state index in [1.54, 1.807) is 0 Å². The van der Waals surface area contributed by atoms with E-state index in [-0.39, 0.29) is 24.8 Å². The van der Waals surface area contributed by atoms with E-state index in [0.29, 0.717) is 13.0 Å². The second kappa shape index (κ2) is 5.43. The first kappa shape index (κ1) is 14.8. The van der Waals surface area contributed by atoms with Crippen molar-refractivity contribution in [3.63, 3.8) is 0 Å². The van der Waals surface area contributed by atoms with Gasteiger partial charge in [0.05, 0.1) is 12.2 Å². The number of hydrogen-bond donors (Lipinski definition) is 4. The largest absolute Gasteiger partial charge is 0.416 e. The van der Waals surface area contributed by atoms with Crippen molar-refractivity contribution in [1.29, 1.82) is 0 Å². The highest BCUT2D eigenvalue weighted by molar-refractivity contribution is 5.49. The number of nitrogens with one attached hydrogen (secondary N) is 2. The van der Waals surface area contributed by atoms with Crippen LogP contribution in [0.15, 0.2) is 12.1 Å². The van der Waals surface area contributed by atoms with Gasteiger partial charge in [-0.25, -0.2) is 10.8 Å². The van der Waals surface area contributed by atoms with Crippen LogP contribution in [-0.2, 0) is 10.9 Å². The molecule has 0 spiro atoms. The average molecular weight is 292 g/mol. The van der Waals surface area contributed by atoms with Crippen molar-refractivity contribution in [2.24, 2.45) is 5.84 Å². The molecular weight excluding hydrogens is 277 g/mol. The normalized spacial score (nSPS) is 22.9. The van der Waals surface area contributed by atoms with Gasteiger partial charge < -0.3 is 20.6 Å². The number of nitrogen functional groups attached to an aromatic ring is 1. The number of anilines is 2. The van der Waals surface area contributed by atoms with Crippen molar-refractivity contribution in [3.8, 4) is 0 Å². The number of hydrazine groups is 1. The van der Waals surface area contributed by atoms with Gasteiger partial charge in [0.25, 0.3) is 0 Å². The molecule has 5 N–H and O–H groups in total. The van der Waals surface area contributed by atoms with Crippen LogP contribution in [0.4, 0.5) is 24.8 Å². The number of nitrogens with two attached hydrogens (primary N) is 1. The highest BCUT2D eigenvalue weighted by Gasteiger charge is 2.34. The molecule has 2 rings (SSSR count). The zero-order valence-corrected chi connectivity index (χ0v) is 10.5. The lowest BCUT2D eigenvalue weighted by atomic mass is 10.0. The van der Waals surface area contributed by atoms with Gasteiger partial charge in [-0.2, -0.15) is 13.2 Å². The molecule has 1 aliphatic rings. The minimum Gasteiger partial charge on any atom is -0.386 e. The number of nitrogens with zero attached hydrogens (tertiary/aromatic N) is 1. The summed E-state index contributed by atoms with van der Waals surface area (Å²) < 4.78 is 43.2. The molecule has 1 unspecified atom stereocenters. The van der Waals surface area contributed by atoms with Crippen LogP contribution in [-0.4, -0.2) is 35.5 Å². The zero-order chi connectivity index (χ0) is 14.8. The fourth-order valence-electron chi connectivity index (χ4n) is 1.85. The first-order chi connectivity index (χ1) is 9.32. The van der Waals surface area contributed by atoms with Crippen LogP contribution in [0, 0.1) is 0 Å². The van der Waals surface area contributed by atoms with Crippen molar-refractivity contribution in [2.45, 2.75) is 18.2 Å². The van der Waals surface area contributed by atoms with Gasteiger partial charge in [-0.15, -0.1) is 0 Å². The maximum atomic E-state index is 12.7. The molecule has 1 fully saturated rings. The Hall–Kier alpha value is -1.58. The lowest BCUT2D eigenvalue weighted by Gasteiger charge is -2.21. The van der Waals surface area contributed by atoms with Crippen molar-refractivity contribution in [1.82, 2.24) is 4.98 Å². The molecule has 0 bridgehead atoms. The molecule has 112 valence electrons. The topological polar surface area (TPSA) is 92.4 Å². The van der Waals surface area contributed by atoms with Crippen LogP contribution in [0.1, 0.15) is 12.0 Å². The van der Waals surface area contributed by atoms with E-state index in [0.717, 1.165) is 12.1 Å². The van der Waals surface area contributed by atoms with Crippen LogP contribution in [0.3, 0.4) is 0 Å². The summed E-state index contributed by atoms with van der Waals surface area (Å²) in [5.74, 6) is 4.96. The third-order valence-corrected chi connectivity index (χ3v) is 2.98. The van der Waals surface area contributed by atoms with Gasteiger partial charge in [-0.3, -0.25) is 0 Å². The van der Waals surface area contributed by atoms with Crippen molar-refractivity contribution >= 4 is 11.6 Å². The molecule has 1 aromatic heterocycles. The summed E-state index contributed by atoms with van der Waals surface area (Å²) in [6.07, 6.45) is -4.08. The van der Waals surface area contributed by atoms with Gasteiger partial charge in [-0.1, -0.05) is 0 Å². The summed E-state index contributed by atoms with van der Waals surface area (Å²) in [6, 6.07) is 1.67. The molecule has 0 aromatic carbocycles. The van der Waals surface area contributed by atoms with Gasteiger partial charge in [0, 0.05) is 19.6 Å². The Bertz CT molecular complexity index is 475. The molecular formula is C11H15F3N4O2. The second-order valence-corrected chi connectivity index (χ2v) is 4.65. The third-order valence-electron chi connectivity index (χ3n) is 2.98. The molecule has 6 nitrogen and oxygen atoms in total. The SMILES string of the molecule is NNc1cc(C(F)(F)F)cc(NCC2(O)CCOC2)n1. The summed E-state index contributed by atoms with van der Waals surface area (Å²) in [5.41, 5.74) is 0.111. The summed E-state index contributed by atoms with van der Waals surface area (Å²) in [6.45, 7) is 0.607. The number of ether oxygens (including phenoxy) is 1. The molecule has 9 heteroatoms. The highest BCUT2D eigenvalue weighted by Crippen LogP contribution is 2.32. The summed E-state index contributed by atoms with van der Waals surface area (Å²) in [7, 11) is 0. The Morgan fingerprint density at radius 1 is 1.40 bits per heavy atom. The lowest BCUT2D eigenvalue weighted by molar-refractivity contribution is -0.137. The van der Waals surface area contributed by atoms with Gasteiger partial charge in [-0.05, 0) is 12.1 Å². The van der Waals surface area contributed by atoms with E-state index in [4.69, 9.17) is 10.6 Å². The Morgan fingerprint density at radius 3 is 2.65 bits per heavy atom. The molecule has 2 heterocycles. The number of pyridine rings is 1. The quantitative estimate of drug-likeness (QED) is 0.488. The molecule has 0 aliphatic carbocycles. The molecule has 1 saturated heterocycles. The monoisotopic (exact) mass is 292 g/mol. The minimum absolute atomic E-state index is 0.0203. The van der Waals surface area contributed by atoms with Crippen molar-refractivity contribution in [2.75, 3.05) is 30.5 Å². The van der Waals surface area contributed by atoms with Gasteiger partial charge in [0.15, 0.2) is 0 Å². The van der Waals surface area contributed by atoms with E-state index < -0.39 is 17.3 Å². The van der Waals surface area contributed by atoms with Crippen molar-refractivity contribution in [3.05, 3.63) is 17.7 Å². The zero-order valence-electron chi connectivity index (χ0n) is 10.5. The predicted molar refractivity (Wildman–Crippen MR) is 65.9 cm³/mol. The Balaban J connectivity index is 2.14. The predicted octanol–water partition coefficient (Wildman–Crippen LogP) is 0.949. The second-order valence-electron chi connectivity index (χ2n) is 4.65. The van der Waals surface area contributed by atoms with Crippen LogP contribution in [0.25, 0.3) is 0 Å². The fourth-order valence-corrected chi connectivity index (χ4v) is 1.85. The first-order valence-electron chi connectivity index (χ1n) is 5.92. The number of hydrogen-bond acceptors (Lipinski definition) is 6. The third kappa shape index (κ3) is 3.50. The molecule has 0 amide bonds. The van der Waals surface area contributed by atoms with E-state index in [2.05, 4.69) is 15.7 Å². The highest BCUT2D eigenvalue weighted by atomic mass is 19.4. The smallest absolute Gasteiger partial charge is 0.386 e. The van der Waals surface area contributed by atoms with Gasteiger partial charge in [0.1, 0.15) is 17.2 Å². The molecule has 1 aliphatic heterocycles. The maximum Gasteiger partial charge on any atom is 0.416 e. The van der Waals surface area contributed by atoms with Crippen LogP contribution in [0.2, 0.25) is 0 Å². The molecule has 20 heavy (non-hydrogen) atoms. The van der Waals surface area contributed by atoms with Crippen LogP contribution < -0.4 is 16.6 Å². The molecule has 0 radical (unpaired) electrons. The summed E-state index contributed by atoms with van der Waals surface area (Å²) in [4.78, 5) is 3.86. The molecule has 1 atom stereocenters. The van der Waals surface area contributed by atoms with Gasteiger partial charge in [0.2, 0.25) is 0 Å². The van der Waals surface area contributed by atoms with Gasteiger partial charge >= 0.3 is 6.18 Å². The number of aromatic nitrogens is 1. The van der Waals surface area contributed by atoms with Crippen molar-refractivity contribution < 1.29 is 23.0 Å². The lowest BCUT2D eigenvalue weighted by Crippen LogP contribution is -2.37. The Labute approximate surface area is 113 Å². The standard InChI is InChI=1S/C11H15F3N4O2/c12-11(13,14)7-3-8(17-9(4-7)18-15)16-5-10(19)1-2-20-6-10/h3-4,19H,1-2,5-6,15H2,(H2,16,17,18). The summed E-state index contributed by atoms with van der Waals surface area (Å²) >= 11 is 0. The van der Waals surface area contributed by atoms with Crippen LogP contribution >= 0.6 is 0 Å². The number of alkyl halides is 3. The molecule has 0 saturated carbocycles. The number of aliphatic hydroxyl groups is 1. The average Bonchev–Trinajstić information content (AvgIpc) is 2.82. The fraction of sp³-hybridized carbons (Fsp3) is 0.545. The molecule has 1 aromatic rings. The number of halogens is 3. The maximum absolute atomic E-state index is 12.7. The summed E-state index contributed by atoms with van der Waals surface area (Å²) in [5, 5.41) is 12.7. The van der Waals surface area contributed by atoms with E-state index >= 15 is 0 Å². The van der Waals surface area contributed by atoms with E-state index in [1.165, 1.54) is 0 Å². The number of rotatable bonds is 4.